The van der Waals surface area contributed by atoms with E-state index in [1.165, 1.54) is 42.6 Å². The Labute approximate surface area is 153 Å². The molecule has 0 N–H and O–H groups in total. The molecule has 134 valence electrons. The topological polar surface area (TPSA) is 50.1 Å². The van der Waals surface area contributed by atoms with E-state index >= 15 is 0 Å². The van der Waals surface area contributed by atoms with Crippen LogP contribution in [0.15, 0.2) is 17.4 Å². The van der Waals surface area contributed by atoms with Crippen LogP contribution in [0, 0.1) is 0 Å². The fourth-order valence-corrected chi connectivity index (χ4v) is 4.29. The van der Waals surface area contributed by atoms with Crippen molar-refractivity contribution in [2.45, 2.75) is 37.4 Å². The van der Waals surface area contributed by atoms with Crippen LogP contribution in [-0.4, -0.2) is 57.1 Å². The zero-order valence-corrected chi connectivity index (χ0v) is 15.9. The summed E-state index contributed by atoms with van der Waals surface area (Å²) < 4.78 is 2.12. The minimum absolute atomic E-state index is 0.847. The van der Waals surface area contributed by atoms with Crippen molar-refractivity contribution in [2.75, 3.05) is 37.3 Å². The van der Waals surface area contributed by atoms with Crippen molar-refractivity contribution >= 4 is 17.6 Å². The number of hydrogen-bond acceptors (Lipinski definition) is 6. The average Bonchev–Trinajstić information content (AvgIpc) is 2.98. The van der Waals surface area contributed by atoms with Crippen molar-refractivity contribution in [1.82, 2.24) is 24.6 Å². The minimum atomic E-state index is 0.847. The van der Waals surface area contributed by atoms with E-state index in [1.54, 1.807) is 11.8 Å². The van der Waals surface area contributed by atoms with Gasteiger partial charge in [-0.1, -0.05) is 11.8 Å². The second-order valence-electron chi connectivity index (χ2n) is 6.87. The van der Waals surface area contributed by atoms with Crippen LogP contribution < -0.4 is 4.90 Å². The third-order valence-corrected chi connectivity index (χ3v) is 5.88. The number of aryl methyl sites for hydroxylation is 1. The van der Waals surface area contributed by atoms with Gasteiger partial charge in [-0.15, -0.1) is 0 Å². The standard InChI is InChI=1S/C18H26N6S/c1-22-16-6-4-3-5-14(16)15(21-22)13-23-9-11-24(12-10-23)17-7-8-19-18(20-17)25-2/h7-8H,3-6,9-13H2,1-2H3. The van der Waals surface area contributed by atoms with Gasteiger partial charge in [0.25, 0.3) is 0 Å². The van der Waals surface area contributed by atoms with Gasteiger partial charge in [0, 0.05) is 51.7 Å². The average molecular weight is 359 g/mol. The van der Waals surface area contributed by atoms with E-state index in [1.807, 2.05) is 18.5 Å². The summed E-state index contributed by atoms with van der Waals surface area (Å²) in [4.78, 5) is 13.8. The van der Waals surface area contributed by atoms with Gasteiger partial charge in [-0.3, -0.25) is 9.58 Å². The molecule has 0 saturated carbocycles. The quantitative estimate of drug-likeness (QED) is 0.616. The maximum absolute atomic E-state index is 4.82. The molecule has 0 spiro atoms. The highest BCUT2D eigenvalue weighted by Crippen LogP contribution is 2.25. The van der Waals surface area contributed by atoms with Gasteiger partial charge in [0.2, 0.25) is 0 Å². The smallest absolute Gasteiger partial charge is 0.189 e. The van der Waals surface area contributed by atoms with Crippen LogP contribution in [0.5, 0.6) is 0 Å². The molecule has 4 rings (SSSR count). The lowest BCUT2D eigenvalue weighted by Crippen LogP contribution is -2.46. The SMILES string of the molecule is CSc1nccc(N2CCN(Cc3nn(C)c4c3CCCC4)CC2)n1. The highest BCUT2D eigenvalue weighted by atomic mass is 32.2. The summed E-state index contributed by atoms with van der Waals surface area (Å²) in [5.41, 5.74) is 4.29. The second kappa shape index (κ2) is 7.33. The van der Waals surface area contributed by atoms with Crippen LogP contribution in [0.1, 0.15) is 29.8 Å². The van der Waals surface area contributed by atoms with Gasteiger partial charge in [-0.05, 0) is 43.6 Å². The first-order valence-corrected chi connectivity index (χ1v) is 10.3. The number of hydrogen-bond donors (Lipinski definition) is 0. The molecular formula is C18H26N6S. The Bertz CT molecular complexity index is 735. The predicted molar refractivity (Wildman–Crippen MR) is 101 cm³/mol. The van der Waals surface area contributed by atoms with Gasteiger partial charge in [0.05, 0.1) is 5.69 Å². The Kier molecular flexibility index (Phi) is 4.94. The van der Waals surface area contributed by atoms with Crippen molar-refractivity contribution in [3.63, 3.8) is 0 Å². The highest BCUT2D eigenvalue weighted by Gasteiger charge is 2.23. The van der Waals surface area contributed by atoms with Crippen molar-refractivity contribution in [3.05, 3.63) is 29.2 Å². The molecule has 0 atom stereocenters. The maximum Gasteiger partial charge on any atom is 0.189 e. The van der Waals surface area contributed by atoms with E-state index < -0.39 is 0 Å². The zero-order valence-electron chi connectivity index (χ0n) is 15.1. The van der Waals surface area contributed by atoms with E-state index in [-0.39, 0.29) is 0 Å². The van der Waals surface area contributed by atoms with Crippen LogP contribution in [0.2, 0.25) is 0 Å². The van der Waals surface area contributed by atoms with Gasteiger partial charge < -0.3 is 4.90 Å². The van der Waals surface area contributed by atoms with E-state index in [0.29, 0.717) is 0 Å². The minimum Gasteiger partial charge on any atom is -0.354 e. The first kappa shape index (κ1) is 16.8. The van der Waals surface area contributed by atoms with E-state index in [0.717, 1.165) is 43.7 Å². The molecule has 2 aromatic rings. The van der Waals surface area contributed by atoms with Crippen molar-refractivity contribution < 1.29 is 0 Å². The summed E-state index contributed by atoms with van der Waals surface area (Å²) in [5, 5.41) is 5.67. The van der Waals surface area contributed by atoms with Gasteiger partial charge in [-0.2, -0.15) is 5.10 Å². The van der Waals surface area contributed by atoms with E-state index in [4.69, 9.17) is 5.10 Å². The Balaban J connectivity index is 1.39. The number of thioether (sulfide) groups is 1. The molecule has 0 amide bonds. The van der Waals surface area contributed by atoms with Gasteiger partial charge in [0.1, 0.15) is 5.82 Å². The number of rotatable bonds is 4. The summed E-state index contributed by atoms with van der Waals surface area (Å²) in [6, 6.07) is 2.02. The molecule has 6 nitrogen and oxygen atoms in total. The van der Waals surface area contributed by atoms with Crippen molar-refractivity contribution in [1.29, 1.82) is 0 Å². The monoisotopic (exact) mass is 358 g/mol. The molecule has 1 aliphatic heterocycles. The molecule has 0 radical (unpaired) electrons. The maximum atomic E-state index is 4.82. The highest BCUT2D eigenvalue weighted by molar-refractivity contribution is 7.98. The van der Waals surface area contributed by atoms with Gasteiger partial charge in [0.15, 0.2) is 5.16 Å². The lowest BCUT2D eigenvalue weighted by atomic mass is 9.95. The zero-order chi connectivity index (χ0) is 17.2. The van der Waals surface area contributed by atoms with Crippen LogP contribution in [-0.2, 0) is 26.4 Å². The number of fused-ring (bicyclic) bond motifs is 1. The molecule has 25 heavy (non-hydrogen) atoms. The molecule has 1 fully saturated rings. The molecule has 0 unspecified atom stereocenters. The molecule has 2 aliphatic rings. The second-order valence-corrected chi connectivity index (χ2v) is 7.64. The van der Waals surface area contributed by atoms with Crippen molar-refractivity contribution in [2.24, 2.45) is 7.05 Å². The fraction of sp³-hybridized carbons (Fsp3) is 0.611. The molecule has 0 aromatic carbocycles. The first-order valence-electron chi connectivity index (χ1n) is 9.12. The van der Waals surface area contributed by atoms with Gasteiger partial charge >= 0.3 is 0 Å². The summed E-state index contributed by atoms with van der Waals surface area (Å²) in [6.07, 6.45) is 8.90. The molecular weight excluding hydrogens is 332 g/mol. The summed E-state index contributed by atoms with van der Waals surface area (Å²) in [6.45, 7) is 5.13. The summed E-state index contributed by atoms with van der Waals surface area (Å²) in [5.74, 6) is 1.05. The normalized spacial score (nSPS) is 18.4. The molecule has 2 aromatic heterocycles. The third kappa shape index (κ3) is 3.53. The Hall–Kier alpha value is -1.60. The number of piperazine rings is 1. The van der Waals surface area contributed by atoms with Crippen LogP contribution in [0.3, 0.4) is 0 Å². The van der Waals surface area contributed by atoms with Crippen LogP contribution >= 0.6 is 11.8 Å². The molecule has 1 saturated heterocycles. The Morgan fingerprint density at radius 1 is 1.12 bits per heavy atom. The Morgan fingerprint density at radius 3 is 2.72 bits per heavy atom. The van der Waals surface area contributed by atoms with Crippen molar-refractivity contribution in [3.8, 4) is 0 Å². The number of aromatic nitrogens is 4. The molecule has 0 bridgehead atoms. The largest absolute Gasteiger partial charge is 0.354 e. The molecule has 1 aliphatic carbocycles. The lowest BCUT2D eigenvalue weighted by molar-refractivity contribution is 0.245. The number of anilines is 1. The van der Waals surface area contributed by atoms with Gasteiger partial charge in [-0.25, -0.2) is 9.97 Å². The predicted octanol–water partition coefficient (Wildman–Crippen LogP) is 2.13. The van der Waals surface area contributed by atoms with E-state index in [9.17, 15) is 0 Å². The summed E-state index contributed by atoms with van der Waals surface area (Å²) >= 11 is 1.59. The summed E-state index contributed by atoms with van der Waals surface area (Å²) in [7, 11) is 2.10. The van der Waals surface area contributed by atoms with E-state index in [2.05, 4.69) is 31.5 Å². The molecule has 3 heterocycles. The van der Waals surface area contributed by atoms with Crippen LogP contribution in [0.4, 0.5) is 5.82 Å². The molecule has 7 heteroatoms. The number of nitrogens with zero attached hydrogens (tertiary/aromatic N) is 6. The third-order valence-electron chi connectivity index (χ3n) is 5.32. The lowest BCUT2D eigenvalue weighted by Gasteiger charge is -2.35. The first-order chi connectivity index (χ1) is 12.2. The van der Waals surface area contributed by atoms with Crippen LogP contribution in [0.25, 0.3) is 0 Å². The Morgan fingerprint density at radius 2 is 1.92 bits per heavy atom. The fourth-order valence-electron chi connectivity index (χ4n) is 3.94.